The molecule has 0 heterocycles. The standard InChI is InChI=1S/C15H24O.C14H21Br.C4H9.C3H8O3.Li/c1-2-3-4-5-6-7-8-14-9-11-15(13-16)12-10-14;1-2-3-4-5-6-7-8-13-9-11-14(15)12-10-13;1-3-4-2;1-3(2)5-6-4;/h9-12,16H,2-8,13H2,1H3;9-12H,2-8H2,1H3;1,3-4H2,2H3;3-4H,1-2H3;/q;;-1;;+1. The predicted molar refractivity (Wildman–Crippen MR) is 181 cm³/mol. The molecule has 0 aromatic heterocycles. The first kappa shape index (κ1) is 45.8. The third-order valence-electron chi connectivity index (χ3n) is 6.35. The van der Waals surface area contributed by atoms with Gasteiger partial charge in [-0.1, -0.05) is 149 Å². The maximum Gasteiger partial charge on any atom is 1.00 e. The Bertz CT molecular complexity index is 752. The molecule has 2 rings (SSSR count). The topological polar surface area (TPSA) is 58.9 Å². The van der Waals surface area contributed by atoms with Crippen molar-refractivity contribution in [3.63, 3.8) is 0 Å². The largest absolute Gasteiger partial charge is 1.00 e. The normalized spacial score (nSPS) is 9.95. The van der Waals surface area contributed by atoms with E-state index in [9.17, 15) is 0 Å². The van der Waals surface area contributed by atoms with E-state index < -0.39 is 0 Å². The van der Waals surface area contributed by atoms with Crippen LogP contribution in [0.1, 0.15) is 141 Å². The summed E-state index contributed by atoms with van der Waals surface area (Å²) in [5.74, 6) is 0. The summed E-state index contributed by atoms with van der Waals surface area (Å²) in [5.41, 5.74) is 3.87. The van der Waals surface area contributed by atoms with E-state index in [4.69, 9.17) is 10.4 Å². The number of aliphatic hydroxyl groups is 1. The molecule has 42 heavy (non-hydrogen) atoms. The van der Waals surface area contributed by atoms with E-state index in [1.54, 1.807) is 13.8 Å². The molecule has 2 aromatic carbocycles. The Morgan fingerprint density at radius 3 is 1.31 bits per heavy atom. The second kappa shape index (κ2) is 36.5. The number of aliphatic hydroxyl groups excluding tert-OH is 1. The first-order chi connectivity index (χ1) is 19.9. The van der Waals surface area contributed by atoms with Crippen molar-refractivity contribution in [1.29, 1.82) is 0 Å². The van der Waals surface area contributed by atoms with Crippen molar-refractivity contribution in [1.82, 2.24) is 0 Å². The van der Waals surface area contributed by atoms with Crippen molar-refractivity contribution in [2.24, 2.45) is 0 Å². The smallest absolute Gasteiger partial charge is 0.392 e. The summed E-state index contributed by atoms with van der Waals surface area (Å²) in [7, 11) is 0. The molecular weight excluding hydrogens is 583 g/mol. The fraction of sp³-hybridized carbons (Fsp3) is 0.639. The van der Waals surface area contributed by atoms with Crippen molar-refractivity contribution in [3.8, 4) is 0 Å². The Kier molecular flexibility index (Phi) is 39.8. The van der Waals surface area contributed by atoms with Crippen LogP contribution in [0.15, 0.2) is 53.0 Å². The zero-order chi connectivity index (χ0) is 31.0. The number of benzene rings is 2. The summed E-state index contributed by atoms with van der Waals surface area (Å²) in [4.78, 5) is 4.10. The van der Waals surface area contributed by atoms with Gasteiger partial charge in [-0.15, -0.1) is 0 Å². The number of unbranched alkanes of at least 4 members (excludes halogenated alkanes) is 11. The first-order valence-corrected chi connectivity index (χ1v) is 16.9. The van der Waals surface area contributed by atoms with Crippen LogP contribution in [0.4, 0.5) is 0 Å². The Morgan fingerprint density at radius 1 is 0.643 bits per heavy atom. The third-order valence-corrected chi connectivity index (χ3v) is 6.87. The van der Waals surface area contributed by atoms with Gasteiger partial charge in [0.15, 0.2) is 0 Å². The minimum Gasteiger partial charge on any atom is -0.392 e. The van der Waals surface area contributed by atoms with Gasteiger partial charge in [-0.25, -0.2) is 10.1 Å². The maximum atomic E-state index is 8.93. The van der Waals surface area contributed by atoms with Crippen LogP contribution in [0.3, 0.4) is 0 Å². The Hall–Kier alpha value is -0.643. The molecule has 0 fully saturated rings. The summed E-state index contributed by atoms with van der Waals surface area (Å²) >= 11 is 3.46. The van der Waals surface area contributed by atoms with Crippen LogP contribution >= 0.6 is 15.9 Å². The van der Waals surface area contributed by atoms with Gasteiger partial charge in [0.25, 0.3) is 0 Å². The Morgan fingerprint density at radius 2 is 1.00 bits per heavy atom. The zero-order valence-corrected chi connectivity index (χ0v) is 29.6. The summed E-state index contributed by atoms with van der Waals surface area (Å²) < 4.78 is 1.18. The molecule has 4 nitrogen and oxygen atoms in total. The van der Waals surface area contributed by atoms with Gasteiger partial charge < -0.3 is 12.0 Å². The SMILES string of the molecule is CC(C)OOO.CCCCCCCCc1ccc(Br)cc1.CCCCCCCCc1ccc(CO)cc1.[CH2-]CCC.[Li+]. The van der Waals surface area contributed by atoms with Crippen LogP contribution < -0.4 is 18.9 Å². The fourth-order valence-electron chi connectivity index (χ4n) is 3.77. The van der Waals surface area contributed by atoms with Crippen LogP contribution in [0.5, 0.6) is 0 Å². The second-order valence-electron chi connectivity index (χ2n) is 10.7. The van der Waals surface area contributed by atoms with E-state index in [0.29, 0.717) is 0 Å². The molecule has 0 spiro atoms. The van der Waals surface area contributed by atoms with Crippen LogP contribution in [-0.4, -0.2) is 16.5 Å². The van der Waals surface area contributed by atoms with Gasteiger partial charge in [-0.3, -0.25) is 0 Å². The van der Waals surface area contributed by atoms with Gasteiger partial charge in [0.05, 0.1) is 12.7 Å². The predicted octanol–water partition coefficient (Wildman–Crippen LogP) is 8.87. The van der Waals surface area contributed by atoms with Crippen LogP contribution in [0.2, 0.25) is 0 Å². The fourth-order valence-corrected chi connectivity index (χ4v) is 4.03. The number of hydrogen-bond acceptors (Lipinski definition) is 4. The average molecular weight is 646 g/mol. The second-order valence-corrected chi connectivity index (χ2v) is 11.6. The molecule has 0 saturated heterocycles. The molecule has 0 radical (unpaired) electrons. The van der Waals surface area contributed by atoms with Crippen molar-refractivity contribution in [2.75, 3.05) is 0 Å². The third kappa shape index (κ3) is 33.9. The summed E-state index contributed by atoms with van der Waals surface area (Å²) in [6, 6.07) is 17.0. The molecule has 0 aliphatic carbocycles. The molecule has 0 saturated carbocycles. The summed E-state index contributed by atoms with van der Waals surface area (Å²) in [6.45, 7) is 13.9. The van der Waals surface area contributed by atoms with E-state index in [1.165, 1.54) is 112 Å². The van der Waals surface area contributed by atoms with Crippen molar-refractivity contribution in [2.45, 2.75) is 150 Å². The van der Waals surface area contributed by atoms with E-state index in [2.05, 4.69) is 89.9 Å². The van der Waals surface area contributed by atoms with Crippen LogP contribution in [0.25, 0.3) is 0 Å². The first-order valence-electron chi connectivity index (χ1n) is 16.1. The monoisotopic (exact) mass is 644 g/mol. The van der Waals surface area contributed by atoms with E-state index in [0.717, 1.165) is 12.0 Å². The number of hydrogen-bond donors (Lipinski definition) is 2. The molecule has 0 bridgehead atoms. The molecule has 2 N–H and O–H groups in total. The quantitative estimate of drug-likeness (QED) is 0.0559. The average Bonchev–Trinajstić information content (AvgIpc) is 2.98. The van der Waals surface area contributed by atoms with Crippen LogP contribution in [-0.2, 0) is 29.4 Å². The van der Waals surface area contributed by atoms with Crippen molar-refractivity contribution < 1.29 is 39.2 Å². The molecule has 0 atom stereocenters. The molecule has 0 amide bonds. The molecular formula is C36H62BrLiO4. The van der Waals surface area contributed by atoms with Gasteiger partial charge >= 0.3 is 18.9 Å². The molecule has 0 unspecified atom stereocenters. The van der Waals surface area contributed by atoms with Gasteiger partial charge in [-0.2, -0.15) is 6.42 Å². The van der Waals surface area contributed by atoms with E-state index in [1.807, 2.05) is 12.1 Å². The van der Waals surface area contributed by atoms with E-state index >= 15 is 0 Å². The maximum absolute atomic E-state index is 8.93. The number of aryl methyl sites for hydroxylation is 2. The van der Waals surface area contributed by atoms with Crippen LogP contribution in [0, 0.1) is 6.92 Å². The minimum atomic E-state index is -0.0741. The minimum absolute atomic E-state index is 0. The zero-order valence-electron chi connectivity index (χ0n) is 28.0. The van der Waals surface area contributed by atoms with Crippen molar-refractivity contribution in [3.05, 3.63) is 76.6 Å². The number of rotatable bonds is 18. The Balaban J connectivity index is -0.000000542. The summed E-state index contributed by atoms with van der Waals surface area (Å²) in [5, 5.41) is 19.7. The summed E-state index contributed by atoms with van der Waals surface area (Å²) in [6.07, 6.45) is 21.0. The van der Waals surface area contributed by atoms with Crippen molar-refractivity contribution >= 4 is 15.9 Å². The Labute approximate surface area is 280 Å². The van der Waals surface area contributed by atoms with Gasteiger partial charge in [-0.05, 0) is 68.4 Å². The molecule has 6 heteroatoms. The molecule has 0 aliphatic rings. The molecule has 2 aromatic rings. The van der Waals surface area contributed by atoms with Gasteiger partial charge in [0.1, 0.15) is 0 Å². The number of halogens is 1. The van der Waals surface area contributed by atoms with E-state index in [-0.39, 0.29) is 31.6 Å². The molecule has 238 valence electrons. The molecule has 0 aliphatic heterocycles. The van der Waals surface area contributed by atoms with Gasteiger partial charge in [0.2, 0.25) is 0 Å². The van der Waals surface area contributed by atoms with Gasteiger partial charge in [0, 0.05) is 4.47 Å².